The van der Waals surface area contributed by atoms with Crippen LogP contribution in [0.1, 0.15) is 11.1 Å². The molecule has 0 aliphatic heterocycles. The minimum atomic E-state index is 0.952. The molecule has 0 saturated carbocycles. The molecule has 0 bridgehead atoms. The minimum absolute atomic E-state index is 0.952. The van der Waals surface area contributed by atoms with E-state index in [9.17, 15) is 0 Å². The maximum atomic E-state index is 6.09. The van der Waals surface area contributed by atoms with Crippen molar-refractivity contribution in [1.29, 1.82) is 0 Å². The molecule has 1 heteroatoms. The van der Waals surface area contributed by atoms with Crippen molar-refractivity contribution in [2.75, 3.05) is 0 Å². The Bertz CT molecular complexity index is 1580. The molecule has 6 aromatic rings. The molecule has 28 heavy (non-hydrogen) atoms. The van der Waals surface area contributed by atoms with Crippen molar-refractivity contribution in [3.8, 4) is 11.1 Å². The van der Waals surface area contributed by atoms with E-state index in [0.29, 0.717) is 0 Å². The third-order valence-electron chi connectivity index (χ3n) is 6.30. The Kier molecular flexibility index (Phi) is 2.60. The topological polar surface area (TPSA) is 13.1 Å². The summed E-state index contributed by atoms with van der Waals surface area (Å²) in [5, 5.41) is 7.61. The van der Waals surface area contributed by atoms with E-state index in [1.807, 2.05) is 12.1 Å². The van der Waals surface area contributed by atoms with Crippen LogP contribution in [0.5, 0.6) is 0 Å². The first kappa shape index (κ1) is 14.5. The lowest BCUT2D eigenvalue weighted by Crippen LogP contribution is -1.86. The zero-order chi connectivity index (χ0) is 18.2. The first-order valence-corrected chi connectivity index (χ1v) is 9.75. The summed E-state index contributed by atoms with van der Waals surface area (Å²) >= 11 is 0. The molecule has 0 spiro atoms. The van der Waals surface area contributed by atoms with Crippen molar-refractivity contribution >= 4 is 43.5 Å². The highest BCUT2D eigenvalue weighted by atomic mass is 16.3. The Morgan fingerprint density at radius 1 is 0.536 bits per heavy atom. The molecular weight excluding hydrogens is 340 g/mol. The maximum Gasteiger partial charge on any atom is 0.136 e. The van der Waals surface area contributed by atoms with Crippen LogP contribution in [0.25, 0.3) is 54.6 Å². The van der Waals surface area contributed by atoms with E-state index < -0.39 is 0 Å². The fourth-order valence-electron chi connectivity index (χ4n) is 4.99. The summed E-state index contributed by atoms with van der Waals surface area (Å²) in [5.41, 5.74) is 7.57. The van der Waals surface area contributed by atoms with Crippen LogP contribution in [0.3, 0.4) is 0 Å². The van der Waals surface area contributed by atoms with Gasteiger partial charge in [0.15, 0.2) is 0 Å². The van der Waals surface area contributed by atoms with E-state index in [4.69, 9.17) is 4.42 Å². The minimum Gasteiger partial charge on any atom is -0.456 e. The fourth-order valence-corrected chi connectivity index (χ4v) is 4.99. The van der Waals surface area contributed by atoms with Gasteiger partial charge in [0.1, 0.15) is 11.2 Å². The fraction of sp³-hybridized carbons (Fsp3) is 0.0370. The van der Waals surface area contributed by atoms with Gasteiger partial charge in [-0.25, -0.2) is 0 Å². The highest BCUT2D eigenvalue weighted by Gasteiger charge is 2.20. The molecule has 1 nitrogen and oxygen atoms in total. The Morgan fingerprint density at radius 3 is 2.39 bits per heavy atom. The molecule has 1 aliphatic rings. The van der Waals surface area contributed by atoms with Gasteiger partial charge in [0, 0.05) is 10.8 Å². The number of rotatable bonds is 0. The summed E-state index contributed by atoms with van der Waals surface area (Å²) in [5.74, 6) is 0. The molecule has 0 atom stereocenters. The molecule has 1 aromatic heterocycles. The summed E-state index contributed by atoms with van der Waals surface area (Å²) in [6.45, 7) is 0. The van der Waals surface area contributed by atoms with Crippen LogP contribution in [-0.4, -0.2) is 0 Å². The largest absolute Gasteiger partial charge is 0.456 e. The van der Waals surface area contributed by atoms with Crippen molar-refractivity contribution in [2.24, 2.45) is 0 Å². The second-order valence-corrected chi connectivity index (χ2v) is 7.75. The first-order valence-electron chi connectivity index (χ1n) is 9.75. The average Bonchev–Trinajstić information content (AvgIpc) is 3.30. The van der Waals surface area contributed by atoms with Gasteiger partial charge in [0.05, 0.1) is 0 Å². The third kappa shape index (κ3) is 1.76. The van der Waals surface area contributed by atoms with Crippen molar-refractivity contribution < 1.29 is 4.42 Å². The Labute approximate surface area is 161 Å². The summed E-state index contributed by atoms with van der Waals surface area (Å²) in [7, 11) is 0. The Hall–Kier alpha value is -3.58. The van der Waals surface area contributed by atoms with E-state index in [2.05, 4.69) is 72.8 Å². The molecular formula is C27H16O. The summed E-state index contributed by atoms with van der Waals surface area (Å²) < 4.78 is 6.09. The van der Waals surface area contributed by atoms with Gasteiger partial charge in [-0.2, -0.15) is 0 Å². The van der Waals surface area contributed by atoms with Crippen molar-refractivity contribution in [2.45, 2.75) is 6.42 Å². The van der Waals surface area contributed by atoms with E-state index in [1.54, 1.807) is 0 Å². The normalized spacial score (nSPS) is 12.9. The Morgan fingerprint density at radius 2 is 1.39 bits per heavy atom. The van der Waals surface area contributed by atoms with Crippen molar-refractivity contribution in [3.63, 3.8) is 0 Å². The lowest BCUT2D eigenvalue weighted by molar-refractivity contribution is 0.669. The van der Waals surface area contributed by atoms with Gasteiger partial charge in [-0.3, -0.25) is 0 Å². The highest BCUT2D eigenvalue weighted by Crippen LogP contribution is 2.42. The lowest BCUT2D eigenvalue weighted by atomic mass is 9.94. The number of furan rings is 1. The van der Waals surface area contributed by atoms with Crippen LogP contribution >= 0.6 is 0 Å². The molecule has 5 aromatic carbocycles. The molecule has 1 heterocycles. The molecule has 0 N–H and O–H groups in total. The van der Waals surface area contributed by atoms with Crippen molar-refractivity contribution in [1.82, 2.24) is 0 Å². The summed E-state index contributed by atoms with van der Waals surface area (Å²) in [6, 6.07) is 30.7. The lowest BCUT2D eigenvalue weighted by Gasteiger charge is -2.09. The number of benzene rings is 5. The van der Waals surface area contributed by atoms with E-state index in [-0.39, 0.29) is 0 Å². The zero-order valence-electron chi connectivity index (χ0n) is 15.2. The van der Waals surface area contributed by atoms with Crippen LogP contribution in [-0.2, 0) is 6.42 Å². The molecule has 1 aliphatic carbocycles. The molecule has 7 rings (SSSR count). The number of para-hydroxylation sites is 1. The first-order chi connectivity index (χ1) is 13.9. The van der Waals surface area contributed by atoms with Gasteiger partial charge >= 0.3 is 0 Å². The molecule has 0 unspecified atom stereocenters. The van der Waals surface area contributed by atoms with Crippen LogP contribution in [0.2, 0.25) is 0 Å². The SMILES string of the molecule is c1ccc2c(c1)Cc1c-2ccc2c1ccc1cc3oc4ccccc4c3cc12. The van der Waals surface area contributed by atoms with Gasteiger partial charge in [0.25, 0.3) is 0 Å². The number of fused-ring (bicyclic) bond motifs is 10. The van der Waals surface area contributed by atoms with Crippen LogP contribution in [0.15, 0.2) is 89.3 Å². The molecule has 0 amide bonds. The van der Waals surface area contributed by atoms with Crippen LogP contribution < -0.4 is 0 Å². The second kappa shape index (κ2) is 5.02. The number of hydrogen-bond acceptors (Lipinski definition) is 1. The van der Waals surface area contributed by atoms with Crippen LogP contribution in [0, 0.1) is 0 Å². The monoisotopic (exact) mass is 356 g/mol. The highest BCUT2D eigenvalue weighted by molar-refractivity contribution is 6.17. The zero-order valence-corrected chi connectivity index (χ0v) is 15.2. The molecule has 0 fully saturated rings. The average molecular weight is 356 g/mol. The maximum absolute atomic E-state index is 6.09. The molecule has 130 valence electrons. The van der Waals surface area contributed by atoms with E-state index in [0.717, 1.165) is 17.6 Å². The second-order valence-electron chi connectivity index (χ2n) is 7.75. The van der Waals surface area contributed by atoms with E-state index in [1.165, 1.54) is 54.6 Å². The summed E-state index contributed by atoms with van der Waals surface area (Å²) in [4.78, 5) is 0. The quantitative estimate of drug-likeness (QED) is 0.257. The number of hydrogen-bond donors (Lipinski definition) is 0. The standard InChI is InChI=1S/C27H16O/c1-2-6-18-16(5-1)13-24-19(18)11-12-20-21(24)10-9-17-14-27-25(15-23(17)20)22-7-3-4-8-26(22)28-27/h1-12,14-15H,13H2. The molecule has 0 radical (unpaired) electrons. The Balaban J connectivity index is 1.60. The van der Waals surface area contributed by atoms with E-state index >= 15 is 0 Å². The smallest absolute Gasteiger partial charge is 0.136 e. The van der Waals surface area contributed by atoms with Crippen molar-refractivity contribution in [3.05, 3.63) is 96.1 Å². The van der Waals surface area contributed by atoms with Crippen LogP contribution in [0.4, 0.5) is 0 Å². The van der Waals surface area contributed by atoms with Gasteiger partial charge in [-0.15, -0.1) is 0 Å². The molecule has 0 saturated heterocycles. The third-order valence-corrected chi connectivity index (χ3v) is 6.30. The van der Waals surface area contributed by atoms with Gasteiger partial charge in [-0.05, 0) is 68.4 Å². The predicted molar refractivity (Wildman–Crippen MR) is 117 cm³/mol. The van der Waals surface area contributed by atoms with Gasteiger partial charge < -0.3 is 4.42 Å². The van der Waals surface area contributed by atoms with Gasteiger partial charge in [-0.1, -0.05) is 66.7 Å². The summed E-state index contributed by atoms with van der Waals surface area (Å²) in [6.07, 6.45) is 1.02. The predicted octanol–water partition coefficient (Wildman–Crippen LogP) is 7.46. The van der Waals surface area contributed by atoms with Gasteiger partial charge in [0.2, 0.25) is 0 Å².